The number of carbonyl (C=O) groups is 1. The third kappa shape index (κ3) is 3.40. The van der Waals surface area contributed by atoms with Gasteiger partial charge in [0.05, 0.1) is 5.92 Å². The monoisotopic (exact) mass is 290 g/mol. The van der Waals surface area contributed by atoms with E-state index in [0.717, 1.165) is 17.0 Å². The molecule has 0 spiro atoms. The molecule has 0 fully saturated rings. The van der Waals surface area contributed by atoms with E-state index in [-0.39, 0.29) is 17.9 Å². The van der Waals surface area contributed by atoms with E-state index in [2.05, 4.69) is 15.5 Å². The van der Waals surface area contributed by atoms with Crippen molar-refractivity contribution in [2.45, 2.75) is 26.3 Å². The van der Waals surface area contributed by atoms with Crippen LogP contribution in [-0.2, 0) is 11.2 Å². The Bertz CT molecular complexity index is 570. The molecule has 2 aromatic rings. The van der Waals surface area contributed by atoms with Crippen LogP contribution in [0, 0.1) is 5.92 Å². The minimum absolute atomic E-state index is 0.139. The Kier molecular flexibility index (Phi) is 4.81. The highest BCUT2D eigenvalue weighted by Crippen LogP contribution is 2.22. The number of rotatable bonds is 5. The Morgan fingerprint density at radius 1 is 1.35 bits per heavy atom. The van der Waals surface area contributed by atoms with E-state index in [1.165, 1.54) is 11.3 Å². The van der Waals surface area contributed by atoms with E-state index in [0.29, 0.717) is 5.13 Å². The average molecular weight is 290 g/mol. The Morgan fingerprint density at radius 3 is 2.65 bits per heavy atom. The van der Waals surface area contributed by atoms with Crippen LogP contribution < -0.4 is 11.1 Å². The SMILES string of the molecule is CCc1nnc(NC(=O)C(C)C(N)c2ccccc2)s1. The van der Waals surface area contributed by atoms with Crippen molar-refractivity contribution in [1.82, 2.24) is 10.2 Å². The minimum Gasteiger partial charge on any atom is -0.323 e. The summed E-state index contributed by atoms with van der Waals surface area (Å²) in [6.45, 7) is 3.81. The summed E-state index contributed by atoms with van der Waals surface area (Å²) in [7, 11) is 0. The fraction of sp³-hybridized carbons (Fsp3) is 0.357. The van der Waals surface area contributed by atoms with Crippen molar-refractivity contribution in [3.8, 4) is 0 Å². The number of carbonyl (C=O) groups excluding carboxylic acids is 1. The van der Waals surface area contributed by atoms with Gasteiger partial charge in [0, 0.05) is 6.04 Å². The second-order valence-electron chi connectivity index (χ2n) is 4.57. The summed E-state index contributed by atoms with van der Waals surface area (Å²) in [5.74, 6) is -0.480. The fourth-order valence-corrected chi connectivity index (χ4v) is 2.48. The number of hydrogen-bond donors (Lipinski definition) is 2. The van der Waals surface area contributed by atoms with Crippen molar-refractivity contribution >= 4 is 22.4 Å². The zero-order valence-electron chi connectivity index (χ0n) is 11.5. The number of nitrogens with two attached hydrogens (primary N) is 1. The van der Waals surface area contributed by atoms with E-state index in [1.54, 1.807) is 0 Å². The summed E-state index contributed by atoms with van der Waals surface area (Å²) in [5, 5.41) is 12.1. The molecule has 0 aliphatic carbocycles. The average Bonchev–Trinajstić information content (AvgIpc) is 2.94. The maximum atomic E-state index is 12.2. The van der Waals surface area contributed by atoms with Crippen LogP contribution in [0.3, 0.4) is 0 Å². The largest absolute Gasteiger partial charge is 0.323 e. The number of benzene rings is 1. The van der Waals surface area contributed by atoms with Crippen LogP contribution in [0.2, 0.25) is 0 Å². The molecule has 1 aromatic heterocycles. The van der Waals surface area contributed by atoms with Gasteiger partial charge in [0.25, 0.3) is 0 Å². The molecular weight excluding hydrogens is 272 g/mol. The number of nitrogens with one attached hydrogen (secondary N) is 1. The van der Waals surface area contributed by atoms with Gasteiger partial charge in [-0.25, -0.2) is 0 Å². The van der Waals surface area contributed by atoms with E-state index in [4.69, 9.17) is 5.73 Å². The summed E-state index contributed by atoms with van der Waals surface area (Å²) in [4.78, 5) is 12.2. The van der Waals surface area contributed by atoms with Gasteiger partial charge < -0.3 is 11.1 Å². The lowest BCUT2D eigenvalue weighted by Gasteiger charge is -2.18. The summed E-state index contributed by atoms with van der Waals surface area (Å²) in [6.07, 6.45) is 0.812. The summed E-state index contributed by atoms with van der Waals surface area (Å²) in [6, 6.07) is 9.27. The first-order chi connectivity index (χ1) is 9.61. The summed E-state index contributed by atoms with van der Waals surface area (Å²) >= 11 is 1.39. The standard InChI is InChI=1S/C14H18N4OS/c1-3-11-17-18-14(20-11)16-13(19)9(2)12(15)10-7-5-4-6-8-10/h4-9,12H,3,15H2,1-2H3,(H,16,18,19). The van der Waals surface area contributed by atoms with E-state index in [9.17, 15) is 4.79 Å². The zero-order valence-corrected chi connectivity index (χ0v) is 12.4. The van der Waals surface area contributed by atoms with E-state index >= 15 is 0 Å². The van der Waals surface area contributed by atoms with Gasteiger partial charge in [-0.05, 0) is 12.0 Å². The molecule has 2 unspecified atom stereocenters. The number of anilines is 1. The molecule has 106 valence electrons. The van der Waals surface area contributed by atoms with Crippen molar-refractivity contribution in [3.63, 3.8) is 0 Å². The third-order valence-electron chi connectivity index (χ3n) is 3.14. The number of aromatic nitrogens is 2. The van der Waals surface area contributed by atoms with Crippen molar-refractivity contribution in [2.75, 3.05) is 5.32 Å². The molecule has 6 heteroatoms. The molecule has 0 radical (unpaired) electrons. The van der Waals surface area contributed by atoms with Gasteiger partial charge in [-0.1, -0.05) is 55.5 Å². The lowest BCUT2D eigenvalue weighted by Crippen LogP contribution is -2.30. The van der Waals surface area contributed by atoms with Crippen LogP contribution in [0.15, 0.2) is 30.3 Å². The Morgan fingerprint density at radius 2 is 2.05 bits per heavy atom. The molecule has 0 saturated heterocycles. The second-order valence-corrected chi connectivity index (χ2v) is 5.63. The van der Waals surface area contributed by atoms with Gasteiger partial charge >= 0.3 is 0 Å². The topological polar surface area (TPSA) is 80.9 Å². The van der Waals surface area contributed by atoms with Gasteiger partial charge in [0.2, 0.25) is 11.0 Å². The van der Waals surface area contributed by atoms with Crippen LogP contribution in [0.25, 0.3) is 0 Å². The molecule has 20 heavy (non-hydrogen) atoms. The quantitative estimate of drug-likeness (QED) is 0.886. The van der Waals surface area contributed by atoms with E-state index in [1.807, 2.05) is 44.2 Å². The maximum absolute atomic E-state index is 12.2. The number of hydrogen-bond acceptors (Lipinski definition) is 5. The highest BCUT2D eigenvalue weighted by Gasteiger charge is 2.23. The van der Waals surface area contributed by atoms with Crippen LogP contribution >= 0.6 is 11.3 Å². The van der Waals surface area contributed by atoms with Crippen LogP contribution in [-0.4, -0.2) is 16.1 Å². The minimum atomic E-state index is -0.341. The lowest BCUT2D eigenvalue weighted by molar-refractivity contribution is -0.120. The smallest absolute Gasteiger partial charge is 0.230 e. The maximum Gasteiger partial charge on any atom is 0.230 e. The van der Waals surface area contributed by atoms with Crippen molar-refractivity contribution in [3.05, 3.63) is 40.9 Å². The number of amides is 1. The van der Waals surface area contributed by atoms with Crippen LogP contribution in [0.4, 0.5) is 5.13 Å². The molecule has 0 saturated carbocycles. The first-order valence-electron chi connectivity index (χ1n) is 6.55. The molecule has 3 N–H and O–H groups in total. The third-order valence-corrected chi connectivity index (χ3v) is 4.12. The van der Waals surface area contributed by atoms with Crippen LogP contribution in [0.5, 0.6) is 0 Å². The molecule has 5 nitrogen and oxygen atoms in total. The molecular formula is C14H18N4OS. The Hall–Kier alpha value is -1.79. The van der Waals surface area contributed by atoms with Gasteiger partial charge in [-0.15, -0.1) is 10.2 Å². The predicted molar refractivity (Wildman–Crippen MR) is 80.5 cm³/mol. The van der Waals surface area contributed by atoms with Gasteiger partial charge in [0.1, 0.15) is 5.01 Å². The summed E-state index contributed by atoms with van der Waals surface area (Å²) < 4.78 is 0. The van der Waals surface area contributed by atoms with Crippen molar-refractivity contribution < 1.29 is 4.79 Å². The molecule has 0 aliphatic heterocycles. The van der Waals surface area contributed by atoms with Gasteiger partial charge in [-0.3, -0.25) is 4.79 Å². The van der Waals surface area contributed by atoms with Gasteiger partial charge in [0.15, 0.2) is 0 Å². The Labute approximate surface area is 122 Å². The molecule has 0 bridgehead atoms. The first-order valence-corrected chi connectivity index (χ1v) is 7.37. The van der Waals surface area contributed by atoms with Crippen molar-refractivity contribution in [2.24, 2.45) is 11.7 Å². The van der Waals surface area contributed by atoms with E-state index < -0.39 is 0 Å². The van der Waals surface area contributed by atoms with Crippen LogP contribution in [0.1, 0.15) is 30.5 Å². The zero-order chi connectivity index (χ0) is 14.5. The molecule has 2 atom stereocenters. The molecule has 1 heterocycles. The lowest BCUT2D eigenvalue weighted by atomic mass is 9.95. The number of nitrogens with zero attached hydrogens (tertiary/aromatic N) is 2. The number of aryl methyl sites for hydroxylation is 1. The fourth-order valence-electron chi connectivity index (χ4n) is 1.79. The highest BCUT2D eigenvalue weighted by atomic mass is 32.1. The molecule has 1 amide bonds. The predicted octanol–water partition coefficient (Wildman–Crippen LogP) is 2.38. The second kappa shape index (κ2) is 6.58. The highest BCUT2D eigenvalue weighted by molar-refractivity contribution is 7.15. The normalized spacial score (nSPS) is 13.8. The Balaban J connectivity index is 2.01. The molecule has 1 aromatic carbocycles. The van der Waals surface area contributed by atoms with Gasteiger partial charge in [-0.2, -0.15) is 0 Å². The molecule has 2 rings (SSSR count). The molecule has 0 aliphatic rings. The summed E-state index contributed by atoms with van der Waals surface area (Å²) in [5.41, 5.74) is 7.08. The first kappa shape index (κ1) is 14.6. The van der Waals surface area contributed by atoms with Crippen molar-refractivity contribution in [1.29, 1.82) is 0 Å².